The molecule has 2 rings (SSSR count). The molecule has 0 aliphatic heterocycles. The van der Waals surface area contributed by atoms with Gasteiger partial charge in [-0.1, -0.05) is 18.2 Å². The Bertz CT molecular complexity index is 794. The van der Waals surface area contributed by atoms with Gasteiger partial charge in [-0.15, -0.1) is 0 Å². The Morgan fingerprint density at radius 2 is 1.58 bits per heavy atom. The van der Waals surface area contributed by atoms with Gasteiger partial charge in [0.15, 0.2) is 0 Å². The van der Waals surface area contributed by atoms with E-state index in [-0.39, 0.29) is 5.56 Å². The molecule has 2 aromatic carbocycles. The second-order valence-electron chi connectivity index (χ2n) is 4.86. The lowest BCUT2D eigenvalue weighted by Crippen LogP contribution is -2.34. The summed E-state index contributed by atoms with van der Waals surface area (Å²) in [5.41, 5.74) is 1.72. The quantitative estimate of drug-likeness (QED) is 0.865. The molecular weight excluding hydrogens is 338 g/mol. The van der Waals surface area contributed by atoms with Crippen molar-refractivity contribution in [1.82, 2.24) is 4.72 Å². The number of carbonyl (C=O) groups excluding carboxylic acids is 1. The molecule has 24 heavy (non-hydrogen) atoms. The number of sulfonamides is 1. The number of amides is 1. The summed E-state index contributed by atoms with van der Waals surface area (Å²) in [7, 11) is -4.96. The first-order valence-corrected chi connectivity index (χ1v) is 8.66. The van der Waals surface area contributed by atoms with Crippen molar-refractivity contribution in [1.29, 1.82) is 0 Å². The van der Waals surface area contributed by atoms with Gasteiger partial charge in [-0.05, 0) is 43.3 Å². The third-order valence-electron chi connectivity index (χ3n) is 3.29. The molecule has 0 aliphatic rings. The van der Waals surface area contributed by atoms with E-state index in [0.29, 0.717) is 6.54 Å². The molecule has 8 heteroatoms. The summed E-state index contributed by atoms with van der Waals surface area (Å²) in [6.07, 6.45) is 0. The fourth-order valence-electron chi connectivity index (χ4n) is 2.15. The second kappa shape index (κ2) is 7.39. The van der Waals surface area contributed by atoms with Gasteiger partial charge in [0.25, 0.3) is 15.9 Å². The van der Waals surface area contributed by atoms with Gasteiger partial charge in [0.05, 0.1) is 0 Å². The standard InChI is InChI=1S/C16H16F2N2O3S/c1-2-20(13-6-4-3-5-7-13)14-10-8-12(9-11-14)15(21)19-24(22,23)16(17)18/h3-11,16H,2H2,1H3,(H,19,21). The fourth-order valence-corrected chi connectivity index (χ4v) is 2.61. The summed E-state index contributed by atoms with van der Waals surface area (Å²) in [5.74, 6) is -4.75. The van der Waals surface area contributed by atoms with Crippen LogP contribution in [0.15, 0.2) is 54.6 Å². The van der Waals surface area contributed by atoms with Gasteiger partial charge in [-0.2, -0.15) is 8.78 Å². The predicted octanol–water partition coefficient (Wildman–Crippen LogP) is 3.13. The van der Waals surface area contributed by atoms with Gasteiger partial charge >= 0.3 is 5.76 Å². The van der Waals surface area contributed by atoms with E-state index in [1.54, 1.807) is 12.1 Å². The highest BCUT2D eigenvalue weighted by molar-refractivity contribution is 7.90. The number of halogens is 2. The Kier molecular flexibility index (Phi) is 5.50. The third kappa shape index (κ3) is 4.08. The van der Waals surface area contributed by atoms with E-state index in [0.717, 1.165) is 11.4 Å². The predicted molar refractivity (Wildman–Crippen MR) is 88.0 cm³/mol. The van der Waals surface area contributed by atoms with Crippen molar-refractivity contribution in [3.63, 3.8) is 0 Å². The molecule has 0 aliphatic carbocycles. The number of benzene rings is 2. The molecule has 0 saturated carbocycles. The second-order valence-corrected chi connectivity index (χ2v) is 6.51. The Labute approximate surface area is 139 Å². The minimum absolute atomic E-state index is 0.0212. The summed E-state index contributed by atoms with van der Waals surface area (Å²) < 4.78 is 48.0. The first kappa shape index (κ1) is 17.9. The van der Waals surface area contributed by atoms with Crippen molar-refractivity contribution < 1.29 is 22.0 Å². The number of hydrogen-bond acceptors (Lipinski definition) is 4. The number of rotatable bonds is 6. The minimum atomic E-state index is -4.96. The van der Waals surface area contributed by atoms with E-state index in [2.05, 4.69) is 0 Å². The zero-order valence-electron chi connectivity index (χ0n) is 12.8. The highest BCUT2D eigenvalue weighted by Gasteiger charge is 2.26. The van der Waals surface area contributed by atoms with Gasteiger partial charge in [0.1, 0.15) is 0 Å². The Morgan fingerprint density at radius 1 is 1.04 bits per heavy atom. The van der Waals surface area contributed by atoms with Gasteiger partial charge in [0.2, 0.25) is 0 Å². The normalized spacial score (nSPS) is 11.3. The maximum Gasteiger partial charge on any atom is 0.355 e. The molecule has 0 atom stereocenters. The number of nitrogens with one attached hydrogen (secondary N) is 1. The molecule has 1 amide bonds. The van der Waals surface area contributed by atoms with Crippen LogP contribution in [-0.4, -0.2) is 26.6 Å². The van der Waals surface area contributed by atoms with E-state index in [1.165, 1.54) is 16.9 Å². The molecular formula is C16H16F2N2O3S. The number of anilines is 2. The third-order valence-corrected chi connectivity index (χ3v) is 4.23. The van der Waals surface area contributed by atoms with Crippen LogP contribution in [0, 0.1) is 0 Å². The summed E-state index contributed by atoms with van der Waals surface area (Å²) in [5, 5.41) is 0. The molecule has 0 unspecified atom stereocenters. The first-order chi connectivity index (χ1) is 11.3. The minimum Gasteiger partial charge on any atom is -0.342 e. The summed E-state index contributed by atoms with van der Waals surface area (Å²) in [6, 6.07) is 15.6. The smallest absolute Gasteiger partial charge is 0.342 e. The number of carbonyl (C=O) groups is 1. The summed E-state index contributed by atoms with van der Waals surface area (Å²) in [4.78, 5) is 13.7. The molecule has 128 valence electrons. The number of alkyl halides is 2. The van der Waals surface area contributed by atoms with Gasteiger partial charge < -0.3 is 4.90 Å². The van der Waals surface area contributed by atoms with Crippen LogP contribution in [0.1, 0.15) is 17.3 Å². The lowest BCUT2D eigenvalue weighted by Gasteiger charge is -2.23. The molecule has 5 nitrogen and oxygen atoms in total. The maximum atomic E-state index is 12.3. The highest BCUT2D eigenvalue weighted by Crippen LogP contribution is 2.25. The molecule has 0 fully saturated rings. The van der Waals surface area contributed by atoms with E-state index in [1.807, 2.05) is 42.2 Å². The van der Waals surface area contributed by atoms with Crippen molar-refractivity contribution >= 4 is 27.3 Å². The summed E-state index contributed by atoms with van der Waals surface area (Å²) >= 11 is 0. The van der Waals surface area contributed by atoms with Gasteiger partial charge in [0, 0.05) is 23.5 Å². The zero-order valence-corrected chi connectivity index (χ0v) is 13.6. The SMILES string of the molecule is CCN(c1ccccc1)c1ccc(C(=O)NS(=O)(=O)C(F)F)cc1. The van der Waals surface area contributed by atoms with Crippen LogP contribution in [0.25, 0.3) is 0 Å². The molecule has 0 spiro atoms. The lowest BCUT2D eigenvalue weighted by atomic mass is 10.1. The number of hydrogen-bond donors (Lipinski definition) is 1. The van der Waals surface area contributed by atoms with Crippen molar-refractivity contribution in [2.45, 2.75) is 12.7 Å². The highest BCUT2D eigenvalue weighted by atomic mass is 32.2. The molecule has 0 radical (unpaired) electrons. The molecule has 1 N–H and O–H groups in total. The van der Waals surface area contributed by atoms with E-state index in [4.69, 9.17) is 0 Å². The lowest BCUT2D eigenvalue weighted by molar-refractivity contribution is 0.0977. The Morgan fingerprint density at radius 3 is 2.08 bits per heavy atom. The van der Waals surface area contributed by atoms with Gasteiger partial charge in [-0.3, -0.25) is 4.79 Å². The maximum absolute atomic E-state index is 12.3. The van der Waals surface area contributed by atoms with Crippen LogP contribution in [0.4, 0.5) is 20.2 Å². The van der Waals surface area contributed by atoms with E-state index < -0.39 is 21.7 Å². The molecule has 0 bridgehead atoms. The van der Waals surface area contributed by atoms with Crippen LogP contribution in [0.2, 0.25) is 0 Å². The number of nitrogens with zero attached hydrogens (tertiary/aromatic N) is 1. The topological polar surface area (TPSA) is 66.5 Å². The van der Waals surface area contributed by atoms with Crippen LogP contribution in [0.3, 0.4) is 0 Å². The van der Waals surface area contributed by atoms with Crippen molar-refractivity contribution in [2.24, 2.45) is 0 Å². The van der Waals surface area contributed by atoms with Gasteiger partial charge in [-0.25, -0.2) is 13.1 Å². The molecule has 0 heterocycles. The van der Waals surface area contributed by atoms with Crippen LogP contribution in [0.5, 0.6) is 0 Å². The van der Waals surface area contributed by atoms with Crippen LogP contribution in [-0.2, 0) is 10.0 Å². The number of para-hydroxylation sites is 1. The zero-order chi connectivity index (χ0) is 17.7. The largest absolute Gasteiger partial charge is 0.355 e. The van der Waals surface area contributed by atoms with Crippen LogP contribution >= 0.6 is 0 Å². The molecule has 0 aromatic heterocycles. The summed E-state index contributed by atoms with van der Waals surface area (Å²) in [6.45, 7) is 2.64. The Balaban J connectivity index is 2.20. The van der Waals surface area contributed by atoms with Crippen molar-refractivity contribution in [3.05, 3.63) is 60.2 Å². The van der Waals surface area contributed by atoms with Crippen molar-refractivity contribution in [2.75, 3.05) is 11.4 Å². The van der Waals surface area contributed by atoms with Crippen molar-refractivity contribution in [3.8, 4) is 0 Å². The molecule has 2 aromatic rings. The molecule has 0 saturated heterocycles. The van der Waals surface area contributed by atoms with Crippen LogP contribution < -0.4 is 9.62 Å². The Hall–Kier alpha value is -2.48. The monoisotopic (exact) mass is 354 g/mol. The average molecular weight is 354 g/mol. The van der Waals surface area contributed by atoms with E-state index >= 15 is 0 Å². The first-order valence-electron chi connectivity index (χ1n) is 7.12. The van der Waals surface area contributed by atoms with E-state index in [9.17, 15) is 22.0 Å². The fraction of sp³-hybridized carbons (Fsp3) is 0.188. The average Bonchev–Trinajstić information content (AvgIpc) is 2.56.